The van der Waals surface area contributed by atoms with E-state index < -0.39 is 11.0 Å². The summed E-state index contributed by atoms with van der Waals surface area (Å²) >= 11 is 0. The van der Waals surface area contributed by atoms with Crippen molar-refractivity contribution in [3.05, 3.63) is 52.3 Å². The van der Waals surface area contributed by atoms with E-state index in [-0.39, 0.29) is 11.6 Å². The van der Waals surface area contributed by atoms with Crippen molar-refractivity contribution >= 4 is 17.3 Å². The van der Waals surface area contributed by atoms with Gasteiger partial charge in [0.2, 0.25) is 5.91 Å². The summed E-state index contributed by atoms with van der Waals surface area (Å²) in [5.41, 5.74) is 1.58. The molecule has 1 aromatic carbocycles. The van der Waals surface area contributed by atoms with Crippen molar-refractivity contribution in [1.82, 2.24) is 9.78 Å². The van der Waals surface area contributed by atoms with Crippen molar-refractivity contribution in [2.24, 2.45) is 0 Å². The number of aryl methyl sites for hydroxylation is 1. The van der Waals surface area contributed by atoms with Crippen molar-refractivity contribution in [2.75, 3.05) is 5.32 Å². The number of amides is 1. The van der Waals surface area contributed by atoms with Crippen LogP contribution in [0.15, 0.2) is 36.7 Å². The van der Waals surface area contributed by atoms with E-state index in [2.05, 4.69) is 10.4 Å². The highest BCUT2D eigenvalue weighted by Gasteiger charge is 2.19. The number of anilines is 1. The fourth-order valence-corrected chi connectivity index (χ4v) is 1.72. The number of aromatic nitrogens is 2. The van der Waals surface area contributed by atoms with Crippen LogP contribution in [0.3, 0.4) is 0 Å². The molecule has 0 aliphatic carbocycles. The predicted octanol–water partition coefficient (Wildman–Crippen LogP) is 2.30. The van der Waals surface area contributed by atoms with Gasteiger partial charge in [-0.1, -0.05) is 12.1 Å². The Labute approximate surface area is 115 Å². The molecule has 1 heterocycles. The zero-order valence-corrected chi connectivity index (χ0v) is 11.1. The van der Waals surface area contributed by atoms with Crippen molar-refractivity contribution in [1.29, 1.82) is 0 Å². The maximum atomic E-state index is 12.1. The Bertz CT molecular complexity index is 651. The summed E-state index contributed by atoms with van der Waals surface area (Å²) in [6, 6.07) is 6.76. The maximum Gasteiger partial charge on any atom is 0.307 e. The van der Waals surface area contributed by atoms with Crippen LogP contribution >= 0.6 is 0 Å². The van der Waals surface area contributed by atoms with Crippen molar-refractivity contribution < 1.29 is 9.72 Å². The van der Waals surface area contributed by atoms with Gasteiger partial charge in [0.1, 0.15) is 18.4 Å². The molecule has 0 saturated heterocycles. The quantitative estimate of drug-likeness (QED) is 0.684. The first-order valence-corrected chi connectivity index (χ1v) is 6.03. The van der Waals surface area contributed by atoms with Gasteiger partial charge in [0.05, 0.1) is 4.92 Å². The monoisotopic (exact) mass is 274 g/mol. The number of carbonyl (C=O) groups is 1. The topological polar surface area (TPSA) is 90.1 Å². The minimum absolute atomic E-state index is 0.139. The highest BCUT2D eigenvalue weighted by Crippen LogP contribution is 2.16. The van der Waals surface area contributed by atoms with Crippen LogP contribution in [0.2, 0.25) is 0 Å². The summed E-state index contributed by atoms with van der Waals surface area (Å²) in [4.78, 5) is 22.1. The first-order chi connectivity index (χ1) is 9.47. The molecule has 0 aliphatic heterocycles. The summed E-state index contributed by atoms with van der Waals surface area (Å²) in [5, 5.41) is 17.2. The van der Waals surface area contributed by atoms with Crippen molar-refractivity contribution in [3.8, 4) is 0 Å². The molecule has 20 heavy (non-hydrogen) atoms. The van der Waals surface area contributed by atoms with Gasteiger partial charge in [0.15, 0.2) is 0 Å². The molecule has 0 radical (unpaired) electrons. The van der Waals surface area contributed by atoms with E-state index in [9.17, 15) is 14.9 Å². The number of carbonyl (C=O) groups excluding carboxylic acids is 1. The smallest absolute Gasteiger partial charge is 0.307 e. The van der Waals surface area contributed by atoms with E-state index in [1.54, 1.807) is 13.0 Å². The van der Waals surface area contributed by atoms with Crippen molar-refractivity contribution in [3.63, 3.8) is 0 Å². The molecule has 2 aromatic rings. The summed E-state index contributed by atoms with van der Waals surface area (Å²) in [6.07, 6.45) is 2.36. The molecular weight excluding hydrogens is 260 g/mol. The van der Waals surface area contributed by atoms with Crippen LogP contribution in [0, 0.1) is 17.0 Å². The molecule has 0 saturated carbocycles. The molecule has 0 bridgehead atoms. The summed E-state index contributed by atoms with van der Waals surface area (Å²) < 4.78 is 1.27. The number of rotatable bonds is 4. The SMILES string of the molecule is Cc1cccc(NC(=O)C(C)n2cc([N+](=O)[O-])cn2)c1. The van der Waals surface area contributed by atoms with E-state index in [4.69, 9.17) is 0 Å². The van der Waals surface area contributed by atoms with Gasteiger partial charge in [0.25, 0.3) is 0 Å². The number of nitrogens with zero attached hydrogens (tertiary/aromatic N) is 3. The Kier molecular flexibility index (Phi) is 3.79. The van der Waals surface area contributed by atoms with Gasteiger partial charge >= 0.3 is 5.69 Å². The Morgan fingerprint density at radius 1 is 1.50 bits per heavy atom. The third kappa shape index (κ3) is 3.00. The standard InChI is InChI=1S/C13H14N4O3/c1-9-4-3-5-11(6-9)15-13(18)10(2)16-8-12(7-14-16)17(19)20/h3-8,10H,1-2H3,(H,15,18). The van der Waals surface area contributed by atoms with E-state index >= 15 is 0 Å². The van der Waals surface area contributed by atoms with Crippen LogP contribution in [0.1, 0.15) is 18.5 Å². The number of nitro groups is 1. The lowest BCUT2D eigenvalue weighted by atomic mass is 10.2. The largest absolute Gasteiger partial charge is 0.324 e. The molecular formula is C13H14N4O3. The molecule has 1 unspecified atom stereocenters. The molecule has 0 spiro atoms. The fraction of sp³-hybridized carbons (Fsp3) is 0.231. The molecule has 0 aliphatic rings. The zero-order valence-electron chi connectivity index (χ0n) is 11.1. The van der Waals surface area contributed by atoms with Gasteiger partial charge in [0, 0.05) is 5.69 Å². The summed E-state index contributed by atoms with van der Waals surface area (Å²) in [7, 11) is 0. The van der Waals surface area contributed by atoms with Gasteiger partial charge in [-0.15, -0.1) is 0 Å². The Morgan fingerprint density at radius 3 is 2.85 bits per heavy atom. The normalized spacial score (nSPS) is 11.9. The lowest BCUT2D eigenvalue weighted by Crippen LogP contribution is -2.24. The van der Waals surface area contributed by atoms with Crippen LogP contribution in [-0.2, 0) is 4.79 Å². The van der Waals surface area contributed by atoms with Gasteiger partial charge in [-0.25, -0.2) is 0 Å². The Balaban J connectivity index is 2.10. The number of hydrogen-bond acceptors (Lipinski definition) is 4. The molecule has 104 valence electrons. The van der Waals surface area contributed by atoms with E-state index in [0.29, 0.717) is 5.69 Å². The number of nitrogens with one attached hydrogen (secondary N) is 1. The zero-order chi connectivity index (χ0) is 14.7. The first-order valence-electron chi connectivity index (χ1n) is 6.03. The lowest BCUT2D eigenvalue weighted by molar-refractivity contribution is -0.385. The molecule has 2 rings (SSSR count). The van der Waals surface area contributed by atoms with Gasteiger partial charge < -0.3 is 5.32 Å². The molecule has 1 amide bonds. The van der Waals surface area contributed by atoms with E-state index in [1.165, 1.54) is 10.9 Å². The molecule has 1 atom stereocenters. The van der Waals surface area contributed by atoms with E-state index in [1.807, 2.05) is 25.1 Å². The minimum atomic E-state index is -0.635. The van der Waals surface area contributed by atoms with Crippen LogP contribution in [0.25, 0.3) is 0 Å². The van der Waals surface area contributed by atoms with Crippen LogP contribution in [0.5, 0.6) is 0 Å². The third-order valence-corrected chi connectivity index (χ3v) is 2.86. The number of benzene rings is 1. The lowest BCUT2D eigenvalue weighted by Gasteiger charge is -2.12. The minimum Gasteiger partial charge on any atom is -0.324 e. The van der Waals surface area contributed by atoms with Crippen LogP contribution in [-0.4, -0.2) is 20.6 Å². The highest BCUT2D eigenvalue weighted by atomic mass is 16.6. The predicted molar refractivity (Wildman–Crippen MR) is 73.4 cm³/mol. The molecule has 1 aromatic heterocycles. The average molecular weight is 274 g/mol. The van der Waals surface area contributed by atoms with E-state index in [0.717, 1.165) is 11.8 Å². The maximum absolute atomic E-state index is 12.1. The second-order valence-corrected chi connectivity index (χ2v) is 4.47. The second kappa shape index (κ2) is 5.52. The van der Waals surface area contributed by atoms with Gasteiger partial charge in [-0.3, -0.25) is 19.6 Å². The average Bonchev–Trinajstić information content (AvgIpc) is 2.87. The summed E-state index contributed by atoms with van der Waals surface area (Å²) in [6.45, 7) is 3.55. The van der Waals surface area contributed by atoms with Gasteiger partial charge in [-0.05, 0) is 31.5 Å². The molecule has 1 N–H and O–H groups in total. The molecule has 7 heteroatoms. The fourth-order valence-electron chi connectivity index (χ4n) is 1.72. The number of hydrogen-bond donors (Lipinski definition) is 1. The van der Waals surface area contributed by atoms with Crippen LogP contribution < -0.4 is 5.32 Å². The Morgan fingerprint density at radius 2 is 2.25 bits per heavy atom. The van der Waals surface area contributed by atoms with Crippen LogP contribution in [0.4, 0.5) is 11.4 Å². The molecule has 7 nitrogen and oxygen atoms in total. The third-order valence-electron chi connectivity index (χ3n) is 2.86. The molecule has 0 fully saturated rings. The van der Waals surface area contributed by atoms with Crippen molar-refractivity contribution in [2.45, 2.75) is 19.9 Å². The summed E-state index contributed by atoms with van der Waals surface area (Å²) in [5.74, 6) is -0.284. The van der Waals surface area contributed by atoms with Gasteiger partial charge in [-0.2, -0.15) is 5.10 Å². The first kappa shape index (κ1) is 13.7. The Hall–Kier alpha value is -2.70. The second-order valence-electron chi connectivity index (χ2n) is 4.47. The highest BCUT2D eigenvalue weighted by molar-refractivity contribution is 5.93.